The zero-order valence-electron chi connectivity index (χ0n) is 12.3. The number of carbonyl (C=O) groups is 2. The third kappa shape index (κ3) is 7.31. The molecule has 2 amide bonds. The number of nitrogens with zero attached hydrogens (tertiary/aromatic N) is 2. The summed E-state index contributed by atoms with van der Waals surface area (Å²) < 4.78 is 0. The van der Waals surface area contributed by atoms with Crippen molar-refractivity contribution < 1.29 is 9.59 Å². The molecule has 124 valence electrons. The number of piperazine rings is 1. The van der Waals surface area contributed by atoms with Crippen LogP contribution >= 0.6 is 24.8 Å². The second kappa shape index (κ2) is 10.2. The van der Waals surface area contributed by atoms with E-state index < -0.39 is 0 Å². The molecule has 0 aromatic heterocycles. The molecule has 0 bridgehead atoms. The first-order chi connectivity index (χ1) is 9.19. The van der Waals surface area contributed by atoms with Crippen LogP contribution < -0.4 is 11.1 Å². The van der Waals surface area contributed by atoms with Crippen molar-refractivity contribution in [1.82, 2.24) is 15.1 Å². The summed E-state index contributed by atoms with van der Waals surface area (Å²) in [5, 5.41) is 2.99. The second-order valence-corrected chi connectivity index (χ2v) is 5.39. The minimum Gasteiger partial charge on any atom is -0.352 e. The first-order valence-corrected chi connectivity index (χ1v) is 7.18. The summed E-state index contributed by atoms with van der Waals surface area (Å²) in [4.78, 5) is 27.5. The summed E-state index contributed by atoms with van der Waals surface area (Å²) in [5.74, 6) is 0.304. The second-order valence-electron chi connectivity index (χ2n) is 5.39. The molecule has 8 heteroatoms. The number of carbonyl (C=O) groups excluding carboxylic acids is 2. The Morgan fingerprint density at radius 1 is 1.10 bits per heavy atom. The zero-order valence-corrected chi connectivity index (χ0v) is 13.9. The summed E-state index contributed by atoms with van der Waals surface area (Å²) in [6, 6.07) is 0.423. The summed E-state index contributed by atoms with van der Waals surface area (Å²) in [6.07, 6.45) is 3.53. The smallest absolute Gasteiger partial charge is 0.234 e. The lowest BCUT2D eigenvalue weighted by Gasteiger charge is -2.34. The maximum atomic E-state index is 11.8. The molecule has 0 atom stereocenters. The van der Waals surface area contributed by atoms with Gasteiger partial charge in [-0.25, -0.2) is 0 Å². The molecule has 2 fully saturated rings. The standard InChI is InChI=1S/C13H24N4O2.2ClH/c14-5-1-2-13(19)17-8-6-16(7-9-17)10-12(18)15-11-3-4-11;;/h11H,1-10,14H2,(H,15,18);2*1H. The van der Waals surface area contributed by atoms with Gasteiger partial charge >= 0.3 is 0 Å². The Morgan fingerprint density at radius 2 is 1.71 bits per heavy atom. The van der Waals surface area contributed by atoms with Gasteiger partial charge in [0.15, 0.2) is 0 Å². The fraction of sp³-hybridized carbons (Fsp3) is 0.846. The van der Waals surface area contributed by atoms with Crippen LogP contribution in [0.2, 0.25) is 0 Å². The third-order valence-corrected chi connectivity index (χ3v) is 3.63. The van der Waals surface area contributed by atoms with Crippen LogP contribution in [0.5, 0.6) is 0 Å². The van der Waals surface area contributed by atoms with E-state index in [1.165, 1.54) is 0 Å². The van der Waals surface area contributed by atoms with Crippen LogP contribution in [-0.2, 0) is 9.59 Å². The van der Waals surface area contributed by atoms with Crippen LogP contribution in [0.15, 0.2) is 0 Å². The first kappa shape index (κ1) is 20.4. The van der Waals surface area contributed by atoms with Crippen molar-refractivity contribution in [2.45, 2.75) is 31.7 Å². The van der Waals surface area contributed by atoms with Gasteiger partial charge in [-0.2, -0.15) is 0 Å². The molecule has 21 heavy (non-hydrogen) atoms. The molecule has 1 saturated heterocycles. The van der Waals surface area contributed by atoms with E-state index in [0.717, 1.165) is 45.4 Å². The van der Waals surface area contributed by atoms with Gasteiger partial charge in [0.25, 0.3) is 0 Å². The molecular formula is C13H26Cl2N4O2. The Kier molecular flexibility index (Phi) is 9.94. The molecule has 1 aliphatic heterocycles. The number of hydrogen-bond acceptors (Lipinski definition) is 4. The SMILES string of the molecule is Cl.Cl.NCCCC(=O)N1CCN(CC(=O)NC2CC2)CC1. The predicted molar refractivity (Wildman–Crippen MR) is 87.0 cm³/mol. The van der Waals surface area contributed by atoms with Crippen LogP contribution in [0.1, 0.15) is 25.7 Å². The highest BCUT2D eigenvalue weighted by Gasteiger charge is 2.26. The molecule has 0 unspecified atom stereocenters. The van der Waals surface area contributed by atoms with Gasteiger partial charge in [0.05, 0.1) is 6.54 Å². The predicted octanol–water partition coefficient (Wildman–Crippen LogP) is -0.00830. The zero-order chi connectivity index (χ0) is 13.7. The van der Waals surface area contributed by atoms with Crippen molar-refractivity contribution in [2.75, 3.05) is 39.3 Å². The molecule has 0 aromatic carbocycles. The van der Waals surface area contributed by atoms with E-state index >= 15 is 0 Å². The Morgan fingerprint density at radius 3 is 2.24 bits per heavy atom. The highest BCUT2D eigenvalue weighted by Crippen LogP contribution is 2.18. The Balaban J connectivity index is 0.00000200. The van der Waals surface area contributed by atoms with Gasteiger partial charge in [-0.05, 0) is 25.8 Å². The highest BCUT2D eigenvalue weighted by molar-refractivity contribution is 5.85. The minimum atomic E-state index is 0. The molecule has 2 rings (SSSR count). The van der Waals surface area contributed by atoms with Gasteiger partial charge < -0.3 is 16.0 Å². The average Bonchev–Trinajstić information content (AvgIpc) is 3.20. The summed E-state index contributed by atoms with van der Waals surface area (Å²) >= 11 is 0. The van der Waals surface area contributed by atoms with Gasteiger partial charge in [0.1, 0.15) is 0 Å². The Hall–Kier alpha value is -0.560. The Labute approximate surface area is 138 Å². The van der Waals surface area contributed by atoms with Gasteiger partial charge in [0.2, 0.25) is 11.8 Å². The third-order valence-electron chi connectivity index (χ3n) is 3.63. The van der Waals surface area contributed by atoms with Gasteiger partial charge in [-0.15, -0.1) is 24.8 Å². The summed E-state index contributed by atoms with van der Waals surface area (Å²) in [5.41, 5.74) is 5.40. The van der Waals surface area contributed by atoms with Crippen molar-refractivity contribution in [3.8, 4) is 0 Å². The molecule has 2 aliphatic rings. The minimum absolute atomic E-state index is 0. The van der Waals surface area contributed by atoms with Crippen molar-refractivity contribution in [3.63, 3.8) is 0 Å². The van der Waals surface area contributed by atoms with E-state index in [4.69, 9.17) is 5.73 Å². The number of amides is 2. The lowest BCUT2D eigenvalue weighted by Crippen LogP contribution is -2.51. The lowest BCUT2D eigenvalue weighted by atomic mass is 10.2. The number of nitrogens with one attached hydrogen (secondary N) is 1. The van der Waals surface area contributed by atoms with Gasteiger partial charge in [-0.1, -0.05) is 0 Å². The number of rotatable bonds is 6. The van der Waals surface area contributed by atoms with E-state index in [-0.39, 0.29) is 36.6 Å². The number of nitrogens with two attached hydrogens (primary N) is 1. The van der Waals surface area contributed by atoms with Crippen LogP contribution in [-0.4, -0.2) is 66.9 Å². The maximum absolute atomic E-state index is 11.8. The van der Waals surface area contributed by atoms with Crippen LogP contribution in [0.4, 0.5) is 0 Å². The maximum Gasteiger partial charge on any atom is 0.234 e. The molecule has 0 spiro atoms. The topological polar surface area (TPSA) is 78.7 Å². The molecular weight excluding hydrogens is 315 g/mol. The number of hydrogen-bond donors (Lipinski definition) is 2. The fourth-order valence-electron chi connectivity index (χ4n) is 2.27. The number of halogens is 2. The monoisotopic (exact) mass is 340 g/mol. The summed E-state index contributed by atoms with van der Waals surface area (Å²) in [6.45, 7) is 4.04. The van der Waals surface area contributed by atoms with Gasteiger partial charge in [-0.3, -0.25) is 14.5 Å². The largest absolute Gasteiger partial charge is 0.352 e. The lowest BCUT2D eigenvalue weighted by molar-refractivity contribution is -0.133. The van der Waals surface area contributed by atoms with Crippen LogP contribution in [0.3, 0.4) is 0 Å². The van der Waals surface area contributed by atoms with E-state index in [0.29, 0.717) is 25.6 Å². The first-order valence-electron chi connectivity index (χ1n) is 7.18. The fourth-order valence-corrected chi connectivity index (χ4v) is 2.27. The summed E-state index contributed by atoms with van der Waals surface area (Å²) in [7, 11) is 0. The molecule has 1 aliphatic carbocycles. The normalized spacial score (nSPS) is 18.4. The van der Waals surface area contributed by atoms with Crippen molar-refractivity contribution in [3.05, 3.63) is 0 Å². The van der Waals surface area contributed by atoms with Gasteiger partial charge in [0, 0.05) is 38.6 Å². The average molecular weight is 341 g/mol. The quantitative estimate of drug-likeness (QED) is 0.712. The molecule has 6 nitrogen and oxygen atoms in total. The highest BCUT2D eigenvalue weighted by atomic mass is 35.5. The van der Waals surface area contributed by atoms with Crippen molar-refractivity contribution in [2.24, 2.45) is 5.73 Å². The molecule has 0 radical (unpaired) electrons. The van der Waals surface area contributed by atoms with E-state index in [9.17, 15) is 9.59 Å². The van der Waals surface area contributed by atoms with Crippen molar-refractivity contribution >= 4 is 36.6 Å². The Bertz CT molecular complexity index is 332. The van der Waals surface area contributed by atoms with E-state index in [1.807, 2.05) is 4.90 Å². The molecule has 3 N–H and O–H groups in total. The van der Waals surface area contributed by atoms with E-state index in [2.05, 4.69) is 10.2 Å². The van der Waals surface area contributed by atoms with Crippen molar-refractivity contribution in [1.29, 1.82) is 0 Å². The molecule has 1 heterocycles. The van der Waals surface area contributed by atoms with E-state index in [1.54, 1.807) is 0 Å². The van der Waals surface area contributed by atoms with Crippen LogP contribution in [0, 0.1) is 0 Å². The molecule has 0 aromatic rings. The van der Waals surface area contributed by atoms with Crippen LogP contribution in [0.25, 0.3) is 0 Å². The molecule has 1 saturated carbocycles.